The van der Waals surface area contributed by atoms with Gasteiger partial charge in [0.15, 0.2) is 0 Å². The van der Waals surface area contributed by atoms with E-state index in [1.807, 2.05) is 24.3 Å². The van der Waals surface area contributed by atoms with Crippen LogP contribution >= 0.6 is 0 Å². The minimum atomic E-state index is -0.787. The molecule has 0 amide bonds. The fourth-order valence-electron chi connectivity index (χ4n) is 11.1. The molecular formula is C65H42O2. The third-order valence-corrected chi connectivity index (χ3v) is 14.2. The first-order chi connectivity index (χ1) is 33.0. The zero-order valence-electron chi connectivity index (χ0n) is 36.5. The highest BCUT2D eigenvalue weighted by molar-refractivity contribution is 5.98. The first-order valence-electron chi connectivity index (χ1n) is 22.9. The van der Waals surface area contributed by atoms with Crippen molar-refractivity contribution in [3.63, 3.8) is 0 Å². The Morgan fingerprint density at radius 2 is 0.537 bits per heavy atom. The number of fused-ring (bicyclic) bond motifs is 7. The van der Waals surface area contributed by atoms with Crippen LogP contribution in [0.4, 0.5) is 0 Å². The zero-order valence-corrected chi connectivity index (χ0v) is 36.5. The molecule has 0 radical (unpaired) electrons. The lowest BCUT2D eigenvalue weighted by Crippen LogP contribution is -2.28. The first kappa shape index (κ1) is 38.7. The summed E-state index contributed by atoms with van der Waals surface area (Å²) < 4.78 is 0. The van der Waals surface area contributed by atoms with Gasteiger partial charge in [-0.2, -0.15) is 0 Å². The van der Waals surface area contributed by atoms with E-state index in [4.69, 9.17) is 0 Å². The van der Waals surface area contributed by atoms with E-state index in [1.165, 1.54) is 77.2 Å². The summed E-state index contributed by atoms with van der Waals surface area (Å²) in [5.41, 5.74) is 15.6. The summed E-state index contributed by atoms with van der Waals surface area (Å²) in [6.45, 7) is 0. The summed E-state index contributed by atoms with van der Waals surface area (Å²) in [6.07, 6.45) is 0. The van der Waals surface area contributed by atoms with Gasteiger partial charge in [0.05, 0.1) is 5.41 Å². The molecule has 0 heterocycles. The summed E-state index contributed by atoms with van der Waals surface area (Å²) >= 11 is 0. The minimum absolute atomic E-state index is 0.244. The quantitative estimate of drug-likeness (QED) is 0.175. The van der Waals surface area contributed by atoms with Crippen molar-refractivity contribution in [1.82, 2.24) is 0 Å². The molecule has 12 aromatic rings. The summed E-state index contributed by atoms with van der Waals surface area (Å²) in [5.74, 6) is 0.488. The lowest BCUT2D eigenvalue weighted by molar-refractivity contribution is 0.475. The highest BCUT2D eigenvalue weighted by Crippen LogP contribution is 2.58. The second-order valence-corrected chi connectivity index (χ2v) is 18.0. The van der Waals surface area contributed by atoms with Gasteiger partial charge in [0.1, 0.15) is 11.5 Å². The number of hydrogen-bond acceptors (Lipinski definition) is 2. The molecule has 2 heteroatoms. The number of phenolic OH excluding ortho intramolecular Hbond substituents is 2. The largest absolute Gasteiger partial charge is 0.508 e. The molecule has 0 aromatic heterocycles. The molecule has 0 bridgehead atoms. The molecule has 67 heavy (non-hydrogen) atoms. The van der Waals surface area contributed by atoms with Gasteiger partial charge in [-0.3, -0.25) is 0 Å². The number of aromatic hydroxyl groups is 2. The highest BCUT2D eigenvalue weighted by Gasteiger charge is 2.47. The van der Waals surface area contributed by atoms with E-state index in [1.54, 1.807) is 12.1 Å². The molecule has 1 aliphatic carbocycles. The molecule has 2 nitrogen and oxygen atoms in total. The Balaban J connectivity index is 1.09. The van der Waals surface area contributed by atoms with Crippen molar-refractivity contribution >= 4 is 43.1 Å². The lowest BCUT2D eigenvalue weighted by atomic mass is 9.66. The number of phenols is 2. The predicted octanol–water partition coefficient (Wildman–Crippen LogP) is 16.7. The smallest absolute Gasteiger partial charge is 0.116 e. The van der Waals surface area contributed by atoms with Gasteiger partial charge in [0.2, 0.25) is 0 Å². The molecule has 2 N–H and O–H groups in total. The van der Waals surface area contributed by atoms with E-state index in [0.717, 1.165) is 43.8 Å². The molecule has 314 valence electrons. The number of benzene rings is 12. The van der Waals surface area contributed by atoms with Gasteiger partial charge in [0, 0.05) is 0 Å². The van der Waals surface area contributed by atoms with Crippen molar-refractivity contribution in [1.29, 1.82) is 0 Å². The van der Waals surface area contributed by atoms with Crippen LogP contribution in [0.25, 0.3) is 98.7 Å². The summed E-state index contributed by atoms with van der Waals surface area (Å²) in [7, 11) is 0. The normalized spacial score (nSPS) is 12.7. The van der Waals surface area contributed by atoms with Crippen LogP contribution in [-0.2, 0) is 5.41 Å². The SMILES string of the molecule is Oc1ccc2cc(C3(c4ccc5cc(O)ccc5c4)c4cc(-c5ccccc5-c5ccc6ccccc6c5)ccc4-c4ccc(-c5ccccc5-c5ccc6ccccc6c5)cc43)ccc2c1. The van der Waals surface area contributed by atoms with E-state index >= 15 is 0 Å². The fraction of sp³-hybridized carbons (Fsp3) is 0.0154. The van der Waals surface area contributed by atoms with Gasteiger partial charge in [-0.1, -0.05) is 182 Å². The van der Waals surface area contributed by atoms with Gasteiger partial charge in [-0.05, 0) is 182 Å². The predicted molar refractivity (Wildman–Crippen MR) is 279 cm³/mol. The first-order valence-corrected chi connectivity index (χ1v) is 22.9. The fourth-order valence-corrected chi connectivity index (χ4v) is 11.1. The van der Waals surface area contributed by atoms with Gasteiger partial charge in [0.25, 0.3) is 0 Å². The zero-order chi connectivity index (χ0) is 44.6. The third kappa shape index (κ3) is 6.26. The Labute approximate surface area is 389 Å². The Hall–Kier alpha value is -8.72. The molecule has 12 aromatic carbocycles. The van der Waals surface area contributed by atoms with Crippen molar-refractivity contribution in [2.45, 2.75) is 5.41 Å². The van der Waals surface area contributed by atoms with Crippen LogP contribution in [0.3, 0.4) is 0 Å². The highest BCUT2D eigenvalue weighted by atomic mass is 16.3. The standard InChI is InChI=1S/C65H42O2/c66-55-29-23-45-35-53(27-21-47(45)37-55)65(54-28-22-48-38-56(67)30-24-46(48)36-54)63-39-51(59-15-7-5-13-57(59)49-19-17-41-9-1-3-11-43(41)33-49)25-31-61(63)62-32-26-52(40-64(62)65)60-16-8-6-14-58(60)50-20-18-42-10-2-4-12-44(42)34-50/h1-40,66-67H. The molecule has 0 aliphatic heterocycles. The van der Waals surface area contributed by atoms with Gasteiger partial charge >= 0.3 is 0 Å². The molecule has 0 unspecified atom stereocenters. The maximum absolute atomic E-state index is 10.6. The number of rotatable bonds is 6. The van der Waals surface area contributed by atoms with Crippen molar-refractivity contribution in [2.24, 2.45) is 0 Å². The van der Waals surface area contributed by atoms with Crippen molar-refractivity contribution in [3.8, 4) is 67.1 Å². The van der Waals surface area contributed by atoms with Crippen LogP contribution in [0.5, 0.6) is 11.5 Å². The van der Waals surface area contributed by atoms with Crippen LogP contribution in [0.15, 0.2) is 243 Å². The molecule has 0 spiro atoms. The Kier molecular flexibility index (Phi) is 8.78. The van der Waals surface area contributed by atoms with Crippen molar-refractivity contribution in [2.75, 3.05) is 0 Å². The average molecular weight is 855 g/mol. The molecule has 0 fully saturated rings. The monoisotopic (exact) mass is 854 g/mol. The second kappa shape index (κ2) is 15.2. The van der Waals surface area contributed by atoms with E-state index < -0.39 is 5.41 Å². The van der Waals surface area contributed by atoms with E-state index in [-0.39, 0.29) is 11.5 Å². The minimum Gasteiger partial charge on any atom is -0.508 e. The van der Waals surface area contributed by atoms with Crippen LogP contribution < -0.4 is 0 Å². The molecule has 0 saturated heterocycles. The van der Waals surface area contributed by atoms with Crippen LogP contribution in [-0.4, -0.2) is 10.2 Å². The van der Waals surface area contributed by atoms with Gasteiger partial charge in [-0.15, -0.1) is 0 Å². The summed E-state index contributed by atoms with van der Waals surface area (Å²) in [4.78, 5) is 0. The van der Waals surface area contributed by atoms with Crippen molar-refractivity contribution < 1.29 is 10.2 Å². The maximum Gasteiger partial charge on any atom is 0.116 e. The van der Waals surface area contributed by atoms with Crippen LogP contribution in [0.2, 0.25) is 0 Å². The van der Waals surface area contributed by atoms with Gasteiger partial charge < -0.3 is 10.2 Å². The third-order valence-electron chi connectivity index (χ3n) is 14.2. The molecule has 13 rings (SSSR count). The van der Waals surface area contributed by atoms with E-state index in [0.29, 0.717) is 0 Å². The van der Waals surface area contributed by atoms with Gasteiger partial charge in [-0.25, -0.2) is 0 Å². The van der Waals surface area contributed by atoms with E-state index in [2.05, 4.69) is 206 Å². The van der Waals surface area contributed by atoms with Crippen LogP contribution in [0, 0.1) is 0 Å². The van der Waals surface area contributed by atoms with Crippen LogP contribution in [0.1, 0.15) is 22.3 Å². The second-order valence-electron chi connectivity index (χ2n) is 18.0. The molecule has 0 saturated carbocycles. The van der Waals surface area contributed by atoms with Crippen molar-refractivity contribution in [3.05, 3.63) is 265 Å². The maximum atomic E-state index is 10.6. The summed E-state index contributed by atoms with van der Waals surface area (Å²) in [5, 5.41) is 30.1. The Bertz CT molecular complexity index is 3710. The average Bonchev–Trinajstić information content (AvgIpc) is 3.67. The molecule has 1 aliphatic rings. The molecular weight excluding hydrogens is 813 g/mol. The Morgan fingerprint density at radius 1 is 0.224 bits per heavy atom. The lowest BCUT2D eigenvalue weighted by Gasteiger charge is -2.35. The van der Waals surface area contributed by atoms with E-state index in [9.17, 15) is 10.2 Å². The number of hydrogen-bond donors (Lipinski definition) is 2. The summed E-state index contributed by atoms with van der Waals surface area (Å²) in [6, 6.07) is 87.1. The molecule has 0 atom stereocenters. The topological polar surface area (TPSA) is 40.5 Å². The Morgan fingerprint density at radius 3 is 0.970 bits per heavy atom.